The van der Waals surface area contributed by atoms with Crippen LogP contribution < -0.4 is 5.73 Å². The van der Waals surface area contributed by atoms with E-state index in [0.29, 0.717) is 6.54 Å². The molecule has 1 saturated heterocycles. The van der Waals surface area contributed by atoms with Crippen molar-refractivity contribution in [1.82, 2.24) is 9.80 Å². The molecule has 0 aromatic carbocycles. The van der Waals surface area contributed by atoms with Gasteiger partial charge < -0.3 is 15.5 Å². The second kappa shape index (κ2) is 5.86. The summed E-state index contributed by atoms with van der Waals surface area (Å²) < 4.78 is 0. The third-order valence-corrected chi connectivity index (χ3v) is 2.65. The topological polar surface area (TPSA) is 49.6 Å². The first kappa shape index (κ1) is 11.3. The summed E-state index contributed by atoms with van der Waals surface area (Å²) in [5.41, 5.74) is 5.40. The maximum Gasteiger partial charge on any atom is 0.319 e. The summed E-state index contributed by atoms with van der Waals surface area (Å²) in [6.45, 7) is 3.26. The highest BCUT2D eigenvalue weighted by Gasteiger charge is 2.19. The Labute approximate surface area is 86.0 Å². The molecule has 0 aromatic rings. The molecule has 0 aromatic heterocycles. The van der Waals surface area contributed by atoms with Gasteiger partial charge in [-0.15, -0.1) is 0 Å². The van der Waals surface area contributed by atoms with E-state index in [1.165, 1.54) is 6.42 Å². The van der Waals surface area contributed by atoms with Crippen LogP contribution >= 0.6 is 0 Å². The van der Waals surface area contributed by atoms with Crippen molar-refractivity contribution < 1.29 is 4.79 Å². The van der Waals surface area contributed by atoms with Crippen LogP contribution in [-0.2, 0) is 0 Å². The summed E-state index contributed by atoms with van der Waals surface area (Å²) >= 11 is 0. The van der Waals surface area contributed by atoms with Crippen LogP contribution in [0.25, 0.3) is 0 Å². The lowest BCUT2D eigenvalue weighted by Gasteiger charge is -2.31. The Morgan fingerprint density at radius 1 is 1.36 bits per heavy atom. The van der Waals surface area contributed by atoms with E-state index < -0.39 is 0 Å². The molecule has 1 rings (SSSR count). The molecule has 1 fully saturated rings. The van der Waals surface area contributed by atoms with E-state index >= 15 is 0 Å². The quantitative estimate of drug-likeness (QED) is 0.733. The SMILES string of the molecule is CN(CCCN)C(=O)N1CCCCC1. The molecular weight excluding hydrogens is 178 g/mol. The zero-order chi connectivity index (χ0) is 10.4. The lowest BCUT2D eigenvalue weighted by molar-refractivity contribution is 0.152. The molecule has 0 unspecified atom stereocenters. The molecule has 0 radical (unpaired) electrons. The molecule has 1 aliphatic rings. The van der Waals surface area contributed by atoms with E-state index in [2.05, 4.69) is 0 Å². The Morgan fingerprint density at radius 2 is 2.00 bits per heavy atom. The molecule has 2 amide bonds. The normalized spacial score (nSPS) is 16.9. The molecule has 0 spiro atoms. The third kappa shape index (κ3) is 3.18. The minimum absolute atomic E-state index is 0.165. The molecule has 1 aliphatic heterocycles. The number of nitrogens with zero attached hydrogens (tertiary/aromatic N) is 2. The van der Waals surface area contributed by atoms with Gasteiger partial charge in [-0.05, 0) is 32.2 Å². The van der Waals surface area contributed by atoms with Crippen molar-refractivity contribution in [3.8, 4) is 0 Å². The zero-order valence-corrected chi connectivity index (χ0v) is 9.04. The Kier molecular flexibility index (Phi) is 4.73. The fourth-order valence-corrected chi connectivity index (χ4v) is 1.75. The smallest absolute Gasteiger partial charge is 0.319 e. The lowest BCUT2D eigenvalue weighted by atomic mass is 10.1. The second-order valence-corrected chi connectivity index (χ2v) is 3.89. The first-order chi connectivity index (χ1) is 6.75. The molecule has 14 heavy (non-hydrogen) atoms. The van der Waals surface area contributed by atoms with Crippen molar-refractivity contribution >= 4 is 6.03 Å². The second-order valence-electron chi connectivity index (χ2n) is 3.89. The van der Waals surface area contributed by atoms with Gasteiger partial charge in [-0.2, -0.15) is 0 Å². The highest BCUT2D eigenvalue weighted by Crippen LogP contribution is 2.10. The third-order valence-electron chi connectivity index (χ3n) is 2.65. The maximum absolute atomic E-state index is 11.8. The van der Waals surface area contributed by atoms with Gasteiger partial charge in [0.1, 0.15) is 0 Å². The summed E-state index contributed by atoms with van der Waals surface area (Å²) in [6.07, 6.45) is 4.44. The molecule has 0 atom stereocenters. The number of carbonyl (C=O) groups is 1. The van der Waals surface area contributed by atoms with Crippen LogP contribution in [0.15, 0.2) is 0 Å². The Balaban J connectivity index is 2.30. The molecule has 4 heteroatoms. The lowest BCUT2D eigenvalue weighted by Crippen LogP contribution is -2.44. The number of hydrogen-bond donors (Lipinski definition) is 1. The van der Waals surface area contributed by atoms with E-state index in [4.69, 9.17) is 5.73 Å². The minimum atomic E-state index is 0.165. The van der Waals surface area contributed by atoms with Gasteiger partial charge in [0, 0.05) is 26.7 Å². The van der Waals surface area contributed by atoms with Gasteiger partial charge in [0.2, 0.25) is 0 Å². The van der Waals surface area contributed by atoms with Crippen molar-refractivity contribution in [1.29, 1.82) is 0 Å². The highest BCUT2D eigenvalue weighted by atomic mass is 16.2. The molecule has 0 bridgehead atoms. The molecule has 82 valence electrons. The molecule has 2 N–H and O–H groups in total. The number of urea groups is 1. The number of carbonyl (C=O) groups excluding carboxylic acids is 1. The summed E-state index contributed by atoms with van der Waals surface area (Å²) in [5.74, 6) is 0. The van der Waals surface area contributed by atoms with Crippen molar-refractivity contribution in [2.75, 3.05) is 33.2 Å². The monoisotopic (exact) mass is 199 g/mol. The molecule has 1 heterocycles. The standard InChI is InChI=1S/C10H21N3O/c1-12(7-5-6-11)10(14)13-8-3-2-4-9-13/h2-9,11H2,1H3. The molecular formula is C10H21N3O. The van der Waals surface area contributed by atoms with E-state index in [1.807, 2.05) is 11.9 Å². The predicted molar refractivity (Wildman–Crippen MR) is 57.1 cm³/mol. The van der Waals surface area contributed by atoms with E-state index in [9.17, 15) is 4.79 Å². The van der Waals surface area contributed by atoms with Crippen LogP contribution in [-0.4, -0.2) is 49.1 Å². The first-order valence-corrected chi connectivity index (χ1v) is 5.46. The number of nitrogens with two attached hydrogens (primary N) is 1. The van der Waals surface area contributed by atoms with Crippen molar-refractivity contribution in [2.24, 2.45) is 5.73 Å². The van der Waals surface area contributed by atoms with Gasteiger partial charge in [0.25, 0.3) is 0 Å². The van der Waals surface area contributed by atoms with Gasteiger partial charge in [-0.3, -0.25) is 0 Å². The summed E-state index contributed by atoms with van der Waals surface area (Å²) in [7, 11) is 1.85. The predicted octanol–water partition coefficient (Wildman–Crippen LogP) is 0.873. The van der Waals surface area contributed by atoms with Gasteiger partial charge >= 0.3 is 6.03 Å². The number of amides is 2. The van der Waals surface area contributed by atoms with Gasteiger partial charge in [0.05, 0.1) is 0 Å². The van der Waals surface area contributed by atoms with Crippen LogP contribution in [0.2, 0.25) is 0 Å². The van der Waals surface area contributed by atoms with Crippen LogP contribution in [0.1, 0.15) is 25.7 Å². The van der Waals surface area contributed by atoms with Crippen LogP contribution in [0.3, 0.4) is 0 Å². The average molecular weight is 199 g/mol. The maximum atomic E-state index is 11.8. The number of hydrogen-bond acceptors (Lipinski definition) is 2. The summed E-state index contributed by atoms with van der Waals surface area (Å²) in [5, 5.41) is 0. The van der Waals surface area contributed by atoms with E-state index in [1.54, 1.807) is 4.90 Å². The average Bonchev–Trinajstić information content (AvgIpc) is 2.26. The van der Waals surface area contributed by atoms with Crippen molar-refractivity contribution in [3.05, 3.63) is 0 Å². The van der Waals surface area contributed by atoms with Gasteiger partial charge in [0.15, 0.2) is 0 Å². The number of piperidine rings is 1. The van der Waals surface area contributed by atoms with Crippen LogP contribution in [0, 0.1) is 0 Å². The van der Waals surface area contributed by atoms with E-state index in [-0.39, 0.29) is 6.03 Å². The first-order valence-electron chi connectivity index (χ1n) is 5.46. The van der Waals surface area contributed by atoms with Crippen LogP contribution in [0.5, 0.6) is 0 Å². The molecule has 0 saturated carbocycles. The summed E-state index contributed by atoms with van der Waals surface area (Å²) in [4.78, 5) is 15.5. The fraction of sp³-hybridized carbons (Fsp3) is 0.900. The van der Waals surface area contributed by atoms with Crippen molar-refractivity contribution in [2.45, 2.75) is 25.7 Å². The zero-order valence-electron chi connectivity index (χ0n) is 9.04. The highest BCUT2D eigenvalue weighted by molar-refractivity contribution is 5.74. The number of likely N-dealkylation sites (tertiary alicyclic amines) is 1. The van der Waals surface area contributed by atoms with Crippen molar-refractivity contribution in [3.63, 3.8) is 0 Å². The number of rotatable bonds is 3. The molecule has 0 aliphatic carbocycles. The largest absolute Gasteiger partial charge is 0.330 e. The van der Waals surface area contributed by atoms with E-state index in [0.717, 1.165) is 38.9 Å². The Morgan fingerprint density at radius 3 is 2.57 bits per heavy atom. The Hall–Kier alpha value is -0.770. The molecule has 4 nitrogen and oxygen atoms in total. The fourth-order valence-electron chi connectivity index (χ4n) is 1.75. The van der Waals surface area contributed by atoms with Gasteiger partial charge in [-0.1, -0.05) is 0 Å². The van der Waals surface area contributed by atoms with Gasteiger partial charge in [-0.25, -0.2) is 4.79 Å². The summed E-state index contributed by atoms with van der Waals surface area (Å²) in [6, 6.07) is 0.165. The Bertz CT molecular complexity index is 178. The van der Waals surface area contributed by atoms with Crippen LogP contribution in [0.4, 0.5) is 4.79 Å². The minimum Gasteiger partial charge on any atom is -0.330 e.